The van der Waals surface area contributed by atoms with Gasteiger partial charge >= 0.3 is 0 Å². The van der Waals surface area contributed by atoms with Crippen LogP contribution in [0, 0.1) is 18.3 Å². The Morgan fingerprint density at radius 2 is 2.38 bits per heavy atom. The number of nitrogens with zero attached hydrogens (tertiary/aromatic N) is 2. The van der Waals surface area contributed by atoms with Crippen molar-refractivity contribution in [2.24, 2.45) is 0 Å². The molecule has 0 spiro atoms. The van der Waals surface area contributed by atoms with Gasteiger partial charge in [-0.25, -0.2) is 4.98 Å². The Kier molecular flexibility index (Phi) is 3.87. The Bertz CT molecular complexity index is 314. The number of hydrogen-bond donors (Lipinski definition) is 1. The lowest BCUT2D eigenvalue weighted by Gasteiger charge is -1.89. The van der Waals surface area contributed by atoms with Crippen molar-refractivity contribution in [3.8, 4) is 6.07 Å². The predicted octanol–water partition coefficient (Wildman–Crippen LogP) is 1.79. The highest BCUT2D eigenvalue weighted by molar-refractivity contribution is 7.11. The van der Waals surface area contributed by atoms with E-state index in [1.165, 1.54) is 0 Å². The summed E-state index contributed by atoms with van der Waals surface area (Å²) in [7, 11) is 0. The summed E-state index contributed by atoms with van der Waals surface area (Å²) >= 11 is 1.61. The summed E-state index contributed by atoms with van der Waals surface area (Å²) in [4.78, 5) is 5.34. The Balaban J connectivity index is 2.54. The summed E-state index contributed by atoms with van der Waals surface area (Å²) in [6.07, 6.45) is 2.28. The molecule has 0 saturated carbocycles. The van der Waals surface area contributed by atoms with E-state index in [-0.39, 0.29) is 6.61 Å². The monoisotopic (exact) mass is 196 g/mol. The number of aliphatic hydroxyl groups is 1. The molecule has 0 aliphatic heterocycles. The zero-order valence-electron chi connectivity index (χ0n) is 7.58. The van der Waals surface area contributed by atoms with Gasteiger partial charge in [0.15, 0.2) is 0 Å². The summed E-state index contributed by atoms with van der Waals surface area (Å²) in [6, 6.07) is 2.10. The predicted molar refractivity (Wildman–Crippen MR) is 51.3 cm³/mol. The molecule has 0 aromatic carbocycles. The van der Waals surface area contributed by atoms with Crippen LogP contribution in [0.4, 0.5) is 0 Å². The number of unbranched alkanes of at least 4 members (excludes halogenated alkanes) is 1. The van der Waals surface area contributed by atoms with E-state index < -0.39 is 0 Å². The zero-order chi connectivity index (χ0) is 9.68. The molecular formula is C9H12N2OS. The van der Waals surface area contributed by atoms with Crippen molar-refractivity contribution in [2.45, 2.75) is 32.8 Å². The van der Waals surface area contributed by atoms with Gasteiger partial charge in [-0.2, -0.15) is 5.26 Å². The number of aliphatic hydroxyl groups excluding tert-OH is 1. The van der Waals surface area contributed by atoms with Crippen LogP contribution in [0.2, 0.25) is 0 Å². The summed E-state index contributed by atoms with van der Waals surface area (Å²) in [6.45, 7) is 1.97. The molecule has 1 N–H and O–H groups in total. The minimum Gasteiger partial charge on any atom is -0.390 e. The highest BCUT2D eigenvalue weighted by Crippen LogP contribution is 2.18. The Hall–Kier alpha value is -0.920. The molecule has 1 heterocycles. The average Bonchev–Trinajstić information content (AvgIpc) is 2.47. The third kappa shape index (κ3) is 2.79. The summed E-state index contributed by atoms with van der Waals surface area (Å²) in [5, 5.41) is 18.3. The number of aromatic nitrogens is 1. The van der Waals surface area contributed by atoms with Crippen LogP contribution in [0.1, 0.15) is 28.4 Å². The first kappa shape index (κ1) is 10.2. The van der Waals surface area contributed by atoms with E-state index in [0.29, 0.717) is 6.42 Å². The molecule has 0 aliphatic rings. The summed E-state index contributed by atoms with van der Waals surface area (Å²) < 4.78 is 0. The van der Waals surface area contributed by atoms with Crippen LogP contribution < -0.4 is 0 Å². The molecule has 0 aliphatic carbocycles. The van der Waals surface area contributed by atoms with Gasteiger partial charge < -0.3 is 5.11 Å². The minimum absolute atomic E-state index is 0.0145. The van der Waals surface area contributed by atoms with Crippen molar-refractivity contribution >= 4 is 11.3 Å². The molecule has 1 rings (SSSR count). The second kappa shape index (κ2) is 4.95. The molecule has 0 atom stereocenters. The Labute approximate surface area is 81.7 Å². The van der Waals surface area contributed by atoms with Gasteiger partial charge in [-0.3, -0.25) is 0 Å². The van der Waals surface area contributed by atoms with E-state index in [4.69, 9.17) is 10.4 Å². The van der Waals surface area contributed by atoms with Crippen molar-refractivity contribution in [1.82, 2.24) is 4.98 Å². The van der Waals surface area contributed by atoms with Crippen molar-refractivity contribution in [3.63, 3.8) is 0 Å². The van der Waals surface area contributed by atoms with Crippen LogP contribution in [0.3, 0.4) is 0 Å². The van der Waals surface area contributed by atoms with Crippen LogP contribution >= 0.6 is 11.3 Å². The normalized spacial score (nSPS) is 9.92. The van der Waals surface area contributed by atoms with E-state index in [9.17, 15) is 0 Å². The third-order valence-corrected chi connectivity index (χ3v) is 2.84. The van der Waals surface area contributed by atoms with Gasteiger partial charge in [0, 0.05) is 17.7 Å². The lowest BCUT2D eigenvalue weighted by Crippen LogP contribution is -1.87. The van der Waals surface area contributed by atoms with Gasteiger partial charge in [-0.1, -0.05) is 0 Å². The molecule has 0 fully saturated rings. The van der Waals surface area contributed by atoms with Gasteiger partial charge in [0.1, 0.15) is 0 Å². The van der Waals surface area contributed by atoms with Crippen molar-refractivity contribution in [3.05, 3.63) is 15.6 Å². The van der Waals surface area contributed by atoms with Gasteiger partial charge in [0.25, 0.3) is 0 Å². The molecule has 0 radical (unpaired) electrons. The molecule has 4 heteroatoms. The summed E-state index contributed by atoms with van der Waals surface area (Å²) in [5.74, 6) is 0. The average molecular weight is 196 g/mol. The lowest BCUT2D eigenvalue weighted by atomic mass is 10.2. The first-order valence-corrected chi connectivity index (χ1v) is 5.02. The number of rotatable bonds is 4. The van der Waals surface area contributed by atoms with Crippen LogP contribution in [-0.4, -0.2) is 10.1 Å². The maximum atomic E-state index is 8.90. The Morgan fingerprint density at radius 1 is 1.62 bits per heavy atom. The lowest BCUT2D eigenvalue weighted by molar-refractivity contribution is 0.276. The van der Waals surface area contributed by atoms with Gasteiger partial charge in [0.2, 0.25) is 0 Å². The fraction of sp³-hybridized carbons (Fsp3) is 0.556. The largest absolute Gasteiger partial charge is 0.390 e. The van der Waals surface area contributed by atoms with Crippen molar-refractivity contribution in [1.29, 1.82) is 5.26 Å². The maximum absolute atomic E-state index is 8.90. The van der Waals surface area contributed by atoms with E-state index >= 15 is 0 Å². The Morgan fingerprint density at radius 3 is 2.92 bits per heavy atom. The van der Waals surface area contributed by atoms with Gasteiger partial charge in [-0.15, -0.1) is 11.3 Å². The smallest absolute Gasteiger partial charge is 0.0932 e. The number of thiazole rings is 1. The van der Waals surface area contributed by atoms with Crippen LogP contribution in [0.5, 0.6) is 0 Å². The SMILES string of the molecule is Cc1sc(CCCC#N)nc1CO. The number of nitriles is 1. The maximum Gasteiger partial charge on any atom is 0.0932 e. The number of hydrogen-bond acceptors (Lipinski definition) is 4. The third-order valence-electron chi connectivity index (χ3n) is 1.77. The molecular weight excluding hydrogens is 184 g/mol. The standard InChI is InChI=1S/C9H12N2OS/c1-7-8(6-12)11-9(13-7)4-2-3-5-10/h12H,2-4,6H2,1H3. The molecule has 13 heavy (non-hydrogen) atoms. The zero-order valence-corrected chi connectivity index (χ0v) is 8.39. The minimum atomic E-state index is 0.0145. The van der Waals surface area contributed by atoms with Crippen molar-refractivity contribution in [2.75, 3.05) is 0 Å². The second-order valence-electron chi connectivity index (χ2n) is 2.78. The molecule has 1 aromatic rings. The molecule has 0 bridgehead atoms. The van der Waals surface area contributed by atoms with E-state index in [2.05, 4.69) is 11.1 Å². The fourth-order valence-electron chi connectivity index (χ4n) is 1.06. The van der Waals surface area contributed by atoms with E-state index in [0.717, 1.165) is 28.4 Å². The second-order valence-corrected chi connectivity index (χ2v) is 4.07. The first-order valence-electron chi connectivity index (χ1n) is 4.21. The molecule has 0 amide bonds. The molecule has 0 unspecified atom stereocenters. The van der Waals surface area contributed by atoms with Crippen LogP contribution in [-0.2, 0) is 13.0 Å². The topological polar surface area (TPSA) is 56.9 Å². The van der Waals surface area contributed by atoms with E-state index in [1.54, 1.807) is 11.3 Å². The molecule has 70 valence electrons. The summed E-state index contributed by atoms with van der Waals surface area (Å²) in [5.41, 5.74) is 0.775. The van der Waals surface area contributed by atoms with Crippen LogP contribution in [0.15, 0.2) is 0 Å². The highest BCUT2D eigenvalue weighted by Gasteiger charge is 2.05. The first-order chi connectivity index (χ1) is 6.27. The fourth-order valence-corrected chi connectivity index (χ4v) is 2.04. The van der Waals surface area contributed by atoms with E-state index in [1.807, 2.05) is 6.92 Å². The molecule has 0 saturated heterocycles. The van der Waals surface area contributed by atoms with Gasteiger partial charge in [0.05, 0.1) is 23.4 Å². The van der Waals surface area contributed by atoms with Crippen molar-refractivity contribution < 1.29 is 5.11 Å². The number of aryl methyl sites for hydroxylation is 2. The molecule has 1 aromatic heterocycles. The molecule has 3 nitrogen and oxygen atoms in total. The van der Waals surface area contributed by atoms with Gasteiger partial charge in [-0.05, 0) is 13.3 Å². The highest BCUT2D eigenvalue weighted by atomic mass is 32.1. The quantitative estimate of drug-likeness (QED) is 0.747. The van der Waals surface area contributed by atoms with Crippen LogP contribution in [0.25, 0.3) is 0 Å².